The minimum absolute atomic E-state index is 0.0228. The zero-order chi connectivity index (χ0) is 16.5. The summed E-state index contributed by atoms with van der Waals surface area (Å²) >= 11 is 8.63. The number of ether oxygens (including phenoxy) is 1. The number of rotatable bonds is 3. The molecule has 0 atom stereocenters. The fraction of sp³-hybridized carbons (Fsp3) is 0.143. The van der Waals surface area contributed by atoms with E-state index in [1.807, 2.05) is 0 Å². The molecule has 0 N–H and O–H groups in total. The van der Waals surface area contributed by atoms with E-state index in [1.165, 1.54) is 18.2 Å². The molecule has 8 heteroatoms. The number of halogens is 6. The summed E-state index contributed by atoms with van der Waals surface area (Å²) in [7, 11) is 0. The van der Waals surface area contributed by atoms with Crippen LogP contribution in [0.3, 0.4) is 0 Å². The molecule has 1 nitrogen and oxygen atoms in total. The van der Waals surface area contributed by atoms with Gasteiger partial charge in [0, 0.05) is 26.0 Å². The summed E-state index contributed by atoms with van der Waals surface area (Å²) in [5, 5.41) is 0.163. The second-order valence-corrected chi connectivity index (χ2v) is 6.59. The summed E-state index contributed by atoms with van der Waals surface area (Å²) < 4.78 is 56.4. The molecule has 0 bridgehead atoms. The summed E-state index contributed by atoms with van der Waals surface area (Å²) in [6, 6.07) is 6.35. The van der Waals surface area contributed by atoms with Crippen molar-refractivity contribution in [1.82, 2.24) is 0 Å². The molecule has 0 aliphatic carbocycles. The fourth-order valence-electron chi connectivity index (χ4n) is 1.67. The van der Waals surface area contributed by atoms with Crippen molar-refractivity contribution < 1.29 is 22.3 Å². The number of thioether (sulfide) groups is 1. The van der Waals surface area contributed by atoms with Gasteiger partial charge in [-0.2, -0.15) is 13.2 Å². The third-order valence-electron chi connectivity index (χ3n) is 2.59. The van der Waals surface area contributed by atoms with E-state index in [1.54, 1.807) is 6.92 Å². The Bertz CT molecular complexity index is 686. The van der Waals surface area contributed by atoms with Gasteiger partial charge in [0.25, 0.3) is 0 Å². The minimum Gasteiger partial charge on any atom is -0.457 e. The largest absolute Gasteiger partial charge is 0.457 e. The quantitative estimate of drug-likeness (QED) is 0.396. The second-order valence-electron chi connectivity index (χ2n) is 4.26. The maximum absolute atomic E-state index is 13.3. The van der Waals surface area contributed by atoms with Crippen LogP contribution in [-0.2, 0) is 0 Å². The molecule has 0 saturated carbocycles. The zero-order valence-electron chi connectivity index (χ0n) is 11.0. The van der Waals surface area contributed by atoms with Gasteiger partial charge in [0.15, 0.2) is 0 Å². The molecular weight excluding hydrogens is 408 g/mol. The van der Waals surface area contributed by atoms with Crippen molar-refractivity contribution in [3.63, 3.8) is 0 Å². The number of hydrogen-bond donors (Lipinski definition) is 0. The lowest BCUT2D eigenvalue weighted by molar-refractivity contribution is -0.0328. The zero-order valence-corrected chi connectivity index (χ0v) is 14.1. The molecule has 0 unspecified atom stereocenters. The Hall–Kier alpha value is -0.920. The fourth-order valence-corrected chi connectivity index (χ4v) is 3.08. The lowest BCUT2D eigenvalue weighted by Crippen LogP contribution is -2.00. The first kappa shape index (κ1) is 17.4. The van der Waals surface area contributed by atoms with Crippen LogP contribution in [0.15, 0.2) is 39.7 Å². The highest BCUT2D eigenvalue weighted by atomic mass is 79.9. The van der Waals surface area contributed by atoms with Gasteiger partial charge < -0.3 is 4.74 Å². The van der Waals surface area contributed by atoms with Gasteiger partial charge in [-0.05, 0) is 58.9 Å². The van der Waals surface area contributed by atoms with Crippen LogP contribution < -0.4 is 4.74 Å². The first-order chi connectivity index (χ1) is 10.2. The van der Waals surface area contributed by atoms with Crippen molar-refractivity contribution in [3.8, 4) is 11.5 Å². The van der Waals surface area contributed by atoms with Crippen LogP contribution in [0.2, 0.25) is 5.02 Å². The molecule has 0 radical (unpaired) electrons. The van der Waals surface area contributed by atoms with Gasteiger partial charge in [-0.25, -0.2) is 4.39 Å². The van der Waals surface area contributed by atoms with E-state index in [-0.39, 0.29) is 31.9 Å². The van der Waals surface area contributed by atoms with E-state index in [2.05, 4.69) is 15.9 Å². The molecule has 22 heavy (non-hydrogen) atoms. The minimum atomic E-state index is -4.38. The third-order valence-corrected chi connectivity index (χ3v) is 4.88. The SMILES string of the molecule is Cc1c(Oc2cc(F)cc(Cl)c2)ccc(SC(F)(F)F)c1Br. The van der Waals surface area contributed by atoms with Crippen LogP contribution in [0.5, 0.6) is 11.5 Å². The molecule has 0 fully saturated rings. The van der Waals surface area contributed by atoms with Crippen LogP contribution in [0.25, 0.3) is 0 Å². The molecule has 0 aliphatic heterocycles. The van der Waals surface area contributed by atoms with E-state index in [4.69, 9.17) is 16.3 Å². The number of hydrogen-bond acceptors (Lipinski definition) is 2. The van der Waals surface area contributed by atoms with E-state index >= 15 is 0 Å². The summed E-state index contributed by atoms with van der Waals surface area (Å²) in [6.45, 7) is 1.60. The first-order valence-electron chi connectivity index (χ1n) is 5.84. The van der Waals surface area contributed by atoms with Gasteiger partial charge in [0.1, 0.15) is 17.3 Å². The van der Waals surface area contributed by atoms with E-state index in [0.29, 0.717) is 11.3 Å². The monoisotopic (exact) mass is 414 g/mol. The van der Waals surface area contributed by atoms with E-state index in [0.717, 1.165) is 12.1 Å². The number of benzene rings is 2. The smallest absolute Gasteiger partial charge is 0.446 e. The van der Waals surface area contributed by atoms with Crippen molar-refractivity contribution in [1.29, 1.82) is 0 Å². The molecule has 118 valence electrons. The summed E-state index contributed by atoms with van der Waals surface area (Å²) in [4.78, 5) is 0.0228. The standard InChI is InChI=1S/C14H8BrClF4OS/c1-7-11(21-10-5-8(16)4-9(17)6-10)2-3-12(13(7)15)22-14(18,19)20/h2-6H,1H3. The van der Waals surface area contributed by atoms with Crippen LogP contribution >= 0.6 is 39.3 Å². The van der Waals surface area contributed by atoms with Crippen LogP contribution in [0.4, 0.5) is 17.6 Å². The van der Waals surface area contributed by atoms with Crippen LogP contribution in [0.1, 0.15) is 5.56 Å². The van der Waals surface area contributed by atoms with Crippen LogP contribution in [0, 0.1) is 12.7 Å². The lowest BCUT2D eigenvalue weighted by Gasteiger charge is -2.14. The van der Waals surface area contributed by atoms with Gasteiger partial charge in [-0.3, -0.25) is 0 Å². The molecule has 0 spiro atoms. The third kappa shape index (κ3) is 4.54. The Morgan fingerprint density at radius 1 is 1.18 bits per heavy atom. The second kappa shape index (κ2) is 6.68. The molecule has 0 aromatic heterocycles. The maximum Gasteiger partial charge on any atom is 0.446 e. The van der Waals surface area contributed by atoms with Crippen LogP contribution in [-0.4, -0.2) is 5.51 Å². The summed E-state index contributed by atoms with van der Waals surface area (Å²) in [5.41, 5.74) is -3.91. The maximum atomic E-state index is 13.3. The Labute approximate surface area is 141 Å². The van der Waals surface area contributed by atoms with Gasteiger partial charge >= 0.3 is 5.51 Å². The average molecular weight is 416 g/mol. The van der Waals surface area contributed by atoms with Crippen molar-refractivity contribution in [2.24, 2.45) is 0 Å². The Morgan fingerprint density at radius 2 is 1.86 bits per heavy atom. The highest BCUT2D eigenvalue weighted by molar-refractivity contribution is 9.10. The normalized spacial score (nSPS) is 11.6. The highest BCUT2D eigenvalue weighted by Crippen LogP contribution is 2.43. The van der Waals surface area contributed by atoms with Gasteiger partial charge in [-0.15, -0.1) is 0 Å². The molecule has 2 rings (SSSR count). The number of alkyl halides is 3. The van der Waals surface area contributed by atoms with Crippen molar-refractivity contribution in [2.75, 3.05) is 0 Å². The predicted octanol–water partition coefficient (Wildman–Crippen LogP) is 6.95. The van der Waals surface area contributed by atoms with Gasteiger partial charge in [-0.1, -0.05) is 11.6 Å². The molecule has 2 aromatic rings. The summed E-state index contributed by atoms with van der Waals surface area (Å²) in [6.07, 6.45) is 0. The average Bonchev–Trinajstić information content (AvgIpc) is 2.36. The predicted molar refractivity (Wildman–Crippen MR) is 82.3 cm³/mol. The topological polar surface area (TPSA) is 9.23 Å². The Morgan fingerprint density at radius 3 is 2.45 bits per heavy atom. The lowest BCUT2D eigenvalue weighted by atomic mass is 10.2. The molecule has 2 aromatic carbocycles. The van der Waals surface area contributed by atoms with Crippen molar-refractivity contribution in [3.05, 3.63) is 51.2 Å². The summed E-state index contributed by atoms with van der Waals surface area (Å²) in [5.74, 6) is -0.0974. The van der Waals surface area contributed by atoms with Crippen molar-refractivity contribution in [2.45, 2.75) is 17.3 Å². The Balaban J connectivity index is 2.31. The van der Waals surface area contributed by atoms with E-state index in [9.17, 15) is 17.6 Å². The first-order valence-corrected chi connectivity index (χ1v) is 7.83. The molecule has 0 saturated heterocycles. The molecule has 0 aliphatic rings. The Kier molecular flexibility index (Phi) is 5.29. The van der Waals surface area contributed by atoms with Crippen molar-refractivity contribution >= 4 is 39.3 Å². The van der Waals surface area contributed by atoms with E-state index < -0.39 is 11.3 Å². The molecular formula is C14H8BrClF4OS. The molecule has 0 heterocycles. The van der Waals surface area contributed by atoms with Gasteiger partial charge in [0.2, 0.25) is 0 Å². The van der Waals surface area contributed by atoms with Gasteiger partial charge in [0.05, 0.1) is 0 Å². The highest BCUT2D eigenvalue weighted by Gasteiger charge is 2.30. The molecule has 0 amide bonds.